The SMILES string of the molecule is CN1CCN(C(=O)C2=NCC(Oc3ccc(C4=Nc5ccccc5OC(c5ccccc5)C4)cc3)=Nc3ccccc32)CC1. The number of carbonyl (C=O) groups is 1. The van der Waals surface area contributed by atoms with Crippen LogP contribution < -0.4 is 9.47 Å². The molecule has 220 valence electrons. The lowest BCUT2D eigenvalue weighted by molar-refractivity contribution is -0.125. The largest absolute Gasteiger partial charge is 0.483 e. The molecule has 7 rings (SSSR count). The topological polar surface area (TPSA) is 79.1 Å². The van der Waals surface area contributed by atoms with Crippen LogP contribution in [0.4, 0.5) is 11.4 Å². The van der Waals surface area contributed by atoms with Crippen LogP contribution in [0, 0.1) is 0 Å². The van der Waals surface area contributed by atoms with Gasteiger partial charge in [0.2, 0.25) is 5.90 Å². The number of hydrogen-bond donors (Lipinski definition) is 0. The van der Waals surface area contributed by atoms with E-state index < -0.39 is 0 Å². The van der Waals surface area contributed by atoms with E-state index >= 15 is 0 Å². The summed E-state index contributed by atoms with van der Waals surface area (Å²) >= 11 is 0. The smallest absolute Gasteiger partial charge is 0.272 e. The predicted molar refractivity (Wildman–Crippen MR) is 173 cm³/mol. The third kappa shape index (κ3) is 5.89. The Bertz CT molecular complexity index is 1760. The Kier molecular flexibility index (Phi) is 7.73. The minimum Gasteiger partial charge on any atom is -0.483 e. The van der Waals surface area contributed by atoms with Gasteiger partial charge in [0.15, 0.2) is 0 Å². The first kappa shape index (κ1) is 27.7. The third-order valence-corrected chi connectivity index (χ3v) is 8.13. The van der Waals surface area contributed by atoms with E-state index in [4.69, 9.17) is 24.5 Å². The highest BCUT2D eigenvalue weighted by Gasteiger charge is 2.28. The molecule has 0 saturated carbocycles. The molecule has 8 heteroatoms. The second-order valence-corrected chi connectivity index (χ2v) is 11.2. The van der Waals surface area contributed by atoms with Gasteiger partial charge in [0.25, 0.3) is 5.91 Å². The zero-order valence-corrected chi connectivity index (χ0v) is 24.6. The van der Waals surface area contributed by atoms with E-state index in [-0.39, 0.29) is 18.6 Å². The molecule has 0 radical (unpaired) electrons. The number of carbonyl (C=O) groups excluding carboxylic acids is 1. The van der Waals surface area contributed by atoms with Gasteiger partial charge in [-0.05, 0) is 60.6 Å². The van der Waals surface area contributed by atoms with E-state index in [0.717, 1.165) is 46.9 Å². The summed E-state index contributed by atoms with van der Waals surface area (Å²) in [6.45, 7) is 3.23. The van der Waals surface area contributed by atoms with Gasteiger partial charge in [-0.1, -0.05) is 60.7 Å². The first-order valence-electron chi connectivity index (χ1n) is 15.0. The Labute approximate surface area is 257 Å². The molecule has 3 aliphatic heterocycles. The maximum absolute atomic E-state index is 13.5. The van der Waals surface area contributed by atoms with Crippen LogP contribution in [-0.2, 0) is 4.79 Å². The average molecular weight is 584 g/mol. The van der Waals surface area contributed by atoms with Crippen LogP contribution in [0.15, 0.2) is 118 Å². The number of nitrogens with zero attached hydrogens (tertiary/aromatic N) is 5. The monoisotopic (exact) mass is 583 g/mol. The van der Waals surface area contributed by atoms with Gasteiger partial charge in [0.05, 0.1) is 11.4 Å². The number of piperazine rings is 1. The quantitative estimate of drug-likeness (QED) is 0.295. The minimum absolute atomic E-state index is 0.0603. The van der Waals surface area contributed by atoms with Crippen molar-refractivity contribution in [1.82, 2.24) is 9.80 Å². The van der Waals surface area contributed by atoms with Gasteiger partial charge < -0.3 is 19.3 Å². The van der Waals surface area contributed by atoms with Gasteiger partial charge in [0.1, 0.15) is 35.5 Å². The zero-order chi connectivity index (χ0) is 29.9. The van der Waals surface area contributed by atoms with Crippen molar-refractivity contribution in [2.75, 3.05) is 39.8 Å². The summed E-state index contributed by atoms with van der Waals surface area (Å²) in [5.41, 5.74) is 5.69. The molecule has 1 fully saturated rings. The summed E-state index contributed by atoms with van der Waals surface area (Å²) in [7, 11) is 2.07. The molecule has 4 aromatic rings. The molecule has 0 aromatic heterocycles. The summed E-state index contributed by atoms with van der Waals surface area (Å²) in [6, 6.07) is 33.6. The van der Waals surface area contributed by atoms with Crippen LogP contribution in [0.2, 0.25) is 0 Å². The van der Waals surface area contributed by atoms with Crippen LogP contribution in [0.3, 0.4) is 0 Å². The van der Waals surface area contributed by atoms with Gasteiger partial charge in [-0.3, -0.25) is 9.79 Å². The lowest BCUT2D eigenvalue weighted by Crippen LogP contribution is -2.49. The average Bonchev–Trinajstić information content (AvgIpc) is 3.38. The fourth-order valence-corrected chi connectivity index (χ4v) is 5.67. The molecule has 1 unspecified atom stereocenters. The lowest BCUT2D eigenvalue weighted by atomic mass is 9.99. The number of aliphatic imine (C=N–C) groups is 3. The minimum atomic E-state index is -0.157. The van der Waals surface area contributed by atoms with Crippen molar-refractivity contribution < 1.29 is 14.3 Å². The first-order valence-corrected chi connectivity index (χ1v) is 15.0. The van der Waals surface area contributed by atoms with E-state index in [2.05, 4.69) is 24.1 Å². The summed E-state index contributed by atoms with van der Waals surface area (Å²) in [5.74, 6) is 1.79. The van der Waals surface area contributed by atoms with Crippen molar-refractivity contribution in [1.29, 1.82) is 0 Å². The van der Waals surface area contributed by atoms with E-state index in [1.807, 2.05) is 95.9 Å². The molecule has 4 aromatic carbocycles. The number of likely N-dealkylation sites (N-methyl/N-ethyl adjacent to an activating group) is 1. The maximum atomic E-state index is 13.5. The number of para-hydroxylation sites is 3. The molecular weight excluding hydrogens is 550 g/mol. The van der Waals surface area contributed by atoms with E-state index in [9.17, 15) is 4.79 Å². The molecule has 1 amide bonds. The maximum Gasteiger partial charge on any atom is 0.272 e. The molecular formula is C36H33N5O3. The van der Waals surface area contributed by atoms with Crippen molar-refractivity contribution in [3.63, 3.8) is 0 Å². The van der Waals surface area contributed by atoms with E-state index in [0.29, 0.717) is 42.6 Å². The fourth-order valence-electron chi connectivity index (χ4n) is 5.67. The number of hydrogen-bond acceptors (Lipinski definition) is 7. The van der Waals surface area contributed by atoms with Crippen molar-refractivity contribution >= 4 is 34.6 Å². The van der Waals surface area contributed by atoms with Crippen molar-refractivity contribution in [2.24, 2.45) is 15.0 Å². The second-order valence-electron chi connectivity index (χ2n) is 11.2. The molecule has 1 atom stereocenters. The molecule has 0 spiro atoms. The summed E-state index contributed by atoms with van der Waals surface area (Å²) in [5, 5.41) is 0. The van der Waals surface area contributed by atoms with Gasteiger partial charge in [-0.25, -0.2) is 9.98 Å². The molecule has 0 aliphatic carbocycles. The molecule has 1 saturated heterocycles. The van der Waals surface area contributed by atoms with Gasteiger partial charge in [0, 0.05) is 38.2 Å². The number of amides is 1. The van der Waals surface area contributed by atoms with Gasteiger partial charge in [-0.2, -0.15) is 0 Å². The molecule has 0 N–H and O–H groups in total. The Hall–Kier alpha value is -5.08. The van der Waals surface area contributed by atoms with Crippen molar-refractivity contribution in [2.45, 2.75) is 12.5 Å². The Morgan fingerprint density at radius 2 is 1.50 bits per heavy atom. The lowest BCUT2D eigenvalue weighted by Gasteiger charge is -2.32. The van der Waals surface area contributed by atoms with Gasteiger partial charge >= 0.3 is 0 Å². The third-order valence-electron chi connectivity index (χ3n) is 8.13. The van der Waals surface area contributed by atoms with Crippen LogP contribution in [0.25, 0.3) is 0 Å². The van der Waals surface area contributed by atoms with E-state index in [1.54, 1.807) is 0 Å². The number of fused-ring (bicyclic) bond motifs is 2. The predicted octanol–water partition coefficient (Wildman–Crippen LogP) is 6.02. The van der Waals surface area contributed by atoms with Crippen molar-refractivity contribution in [3.05, 3.63) is 120 Å². The summed E-state index contributed by atoms with van der Waals surface area (Å²) in [6.07, 6.45) is 0.469. The zero-order valence-electron chi connectivity index (χ0n) is 24.6. The Balaban J connectivity index is 1.12. The van der Waals surface area contributed by atoms with Crippen LogP contribution in [-0.4, -0.2) is 72.8 Å². The summed E-state index contributed by atoms with van der Waals surface area (Å²) < 4.78 is 12.7. The molecule has 3 aliphatic rings. The van der Waals surface area contributed by atoms with Crippen molar-refractivity contribution in [3.8, 4) is 11.5 Å². The highest BCUT2D eigenvalue weighted by atomic mass is 16.5. The molecule has 8 nitrogen and oxygen atoms in total. The molecule has 0 bridgehead atoms. The standard InChI is InChI=1S/C36H33N5O3/c1-40-19-21-41(22-20-40)36(42)35-28-11-5-6-12-29(28)39-34(24-37-35)43-27-17-15-25(16-18-27)31-23-33(26-9-3-2-4-10-26)44-32-14-8-7-13-30(32)38-31/h2-18,33H,19-24H2,1H3. The van der Waals surface area contributed by atoms with Crippen LogP contribution in [0.1, 0.15) is 29.2 Å². The highest BCUT2D eigenvalue weighted by molar-refractivity contribution is 6.46. The first-order chi connectivity index (χ1) is 21.6. The Morgan fingerprint density at radius 1 is 0.795 bits per heavy atom. The normalized spacial score (nSPS) is 18.3. The molecule has 44 heavy (non-hydrogen) atoms. The second kappa shape index (κ2) is 12.3. The van der Waals surface area contributed by atoms with Gasteiger partial charge in [-0.15, -0.1) is 0 Å². The summed E-state index contributed by atoms with van der Waals surface area (Å²) in [4.78, 5) is 32.1. The van der Waals surface area contributed by atoms with E-state index in [1.165, 1.54) is 0 Å². The number of ether oxygens (including phenoxy) is 2. The molecule has 3 heterocycles. The van der Waals surface area contributed by atoms with Crippen LogP contribution in [0.5, 0.6) is 11.5 Å². The number of rotatable bonds is 4. The Morgan fingerprint density at radius 3 is 2.30 bits per heavy atom. The van der Waals surface area contributed by atoms with Crippen LogP contribution >= 0.6 is 0 Å². The number of benzene rings is 4. The highest BCUT2D eigenvalue weighted by Crippen LogP contribution is 2.37. The fraction of sp³-hybridized carbons (Fsp3) is 0.222.